The Morgan fingerprint density at radius 3 is 2.49 bits per heavy atom. The van der Waals surface area contributed by atoms with Crippen molar-refractivity contribution >= 4 is 6.09 Å². The molecule has 2 fully saturated rings. The minimum atomic E-state index is -2.04. The average Bonchev–Trinajstić information content (AvgIpc) is 3.37. The molecule has 4 aliphatic carbocycles. The summed E-state index contributed by atoms with van der Waals surface area (Å²) in [6.45, 7) is 9.62. The molecule has 0 radical (unpaired) electrons. The van der Waals surface area contributed by atoms with Crippen LogP contribution in [0.4, 0.5) is 4.79 Å². The zero-order chi connectivity index (χ0) is 27.1. The lowest BCUT2D eigenvalue weighted by atomic mass is 9.58. The SMILES string of the molecule is CC1=C[C@]23C(O)[C@@H](C=C(CO)[C@@H](O)[C@]2(O)[C@H]1OC(=O)N(C)[C@@H](C)c1ccccc1)[C@H]1[C@@H](C[C@H]3C)C1(C)C. The maximum atomic E-state index is 13.4. The lowest BCUT2D eigenvalue weighted by molar-refractivity contribution is -0.216. The fourth-order valence-corrected chi connectivity index (χ4v) is 8.20. The zero-order valence-electron chi connectivity index (χ0n) is 22.6. The van der Waals surface area contributed by atoms with Crippen LogP contribution in [-0.4, -0.2) is 69.0 Å². The highest BCUT2D eigenvalue weighted by molar-refractivity contribution is 5.69. The molecule has 4 N–H and O–H groups in total. The van der Waals surface area contributed by atoms with Crippen molar-refractivity contribution in [3.63, 3.8) is 0 Å². The molecule has 202 valence electrons. The second-order valence-electron chi connectivity index (χ2n) is 12.5. The predicted octanol–water partition coefficient (Wildman–Crippen LogP) is 3.44. The topological polar surface area (TPSA) is 110 Å². The second-order valence-corrected chi connectivity index (χ2v) is 12.5. The fraction of sp³-hybridized carbons (Fsp3) is 0.633. The van der Waals surface area contributed by atoms with Crippen LogP contribution in [0.15, 0.2) is 53.6 Å². The summed E-state index contributed by atoms with van der Waals surface area (Å²) in [6.07, 6.45) is 0.0595. The van der Waals surface area contributed by atoms with Crippen molar-refractivity contribution in [2.24, 2.45) is 34.5 Å². The third-order valence-electron chi connectivity index (χ3n) is 10.5. The van der Waals surface area contributed by atoms with Crippen LogP contribution in [0.2, 0.25) is 0 Å². The molecule has 0 heterocycles. The molecule has 7 heteroatoms. The van der Waals surface area contributed by atoms with Crippen molar-refractivity contribution in [2.45, 2.75) is 71.0 Å². The Morgan fingerprint density at radius 2 is 1.86 bits per heavy atom. The molecule has 4 aliphatic rings. The van der Waals surface area contributed by atoms with E-state index >= 15 is 0 Å². The van der Waals surface area contributed by atoms with E-state index < -0.39 is 42.0 Å². The van der Waals surface area contributed by atoms with E-state index in [1.165, 1.54) is 4.90 Å². The van der Waals surface area contributed by atoms with Crippen molar-refractivity contribution in [2.75, 3.05) is 13.7 Å². The minimum Gasteiger partial charge on any atom is -0.438 e. The number of nitrogens with zero attached hydrogens (tertiary/aromatic N) is 1. The first-order chi connectivity index (χ1) is 17.3. The van der Waals surface area contributed by atoms with E-state index in [9.17, 15) is 25.2 Å². The number of ether oxygens (including phenoxy) is 1. The van der Waals surface area contributed by atoms with Gasteiger partial charge in [-0.15, -0.1) is 0 Å². The van der Waals surface area contributed by atoms with E-state index in [2.05, 4.69) is 13.8 Å². The maximum absolute atomic E-state index is 13.4. The summed E-state index contributed by atoms with van der Waals surface area (Å²) in [5, 5.41) is 46.5. The standard InChI is InChI=1S/C30H41NO6/c1-16-14-29-17(2)12-22-23(28(22,4)5)21(25(29)34)13-20(15-32)24(33)30(29,36)26(16)37-27(35)31(6)18(3)19-10-8-7-9-11-19/h7-11,13-14,17-18,21-26,32-34,36H,12,15H2,1-6H3/t17-,18+,21+,22-,23+,24-,25?,26+,29+,30+/m1/s1. The highest BCUT2D eigenvalue weighted by Crippen LogP contribution is 2.72. The number of fused-ring (bicyclic) bond motifs is 3. The number of benzene rings is 1. The zero-order valence-corrected chi connectivity index (χ0v) is 22.6. The largest absolute Gasteiger partial charge is 0.438 e. The van der Waals surface area contributed by atoms with Gasteiger partial charge in [-0.25, -0.2) is 4.79 Å². The summed E-state index contributed by atoms with van der Waals surface area (Å²) >= 11 is 0. The quantitative estimate of drug-likeness (QED) is 0.461. The molecule has 0 aromatic heterocycles. The van der Waals surface area contributed by atoms with Gasteiger partial charge in [0.1, 0.15) is 11.7 Å². The third-order valence-corrected chi connectivity index (χ3v) is 10.5. The monoisotopic (exact) mass is 511 g/mol. The summed E-state index contributed by atoms with van der Waals surface area (Å²) in [5.41, 5.74) is -1.47. The Bertz CT molecular complexity index is 1130. The van der Waals surface area contributed by atoms with Gasteiger partial charge in [-0.2, -0.15) is 0 Å². The Balaban J connectivity index is 1.54. The highest BCUT2D eigenvalue weighted by Gasteiger charge is 2.76. The Morgan fingerprint density at radius 1 is 1.22 bits per heavy atom. The van der Waals surface area contributed by atoms with Gasteiger partial charge in [0.15, 0.2) is 6.10 Å². The van der Waals surface area contributed by atoms with Gasteiger partial charge in [0.25, 0.3) is 0 Å². The summed E-state index contributed by atoms with van der Waals surface area (Å²) in [7, 11) is 1.64. The summed E-state index contributed by atoms with van der Waals surface area (Å²) in [6, 6.07) is 9.30. The molecule has 1 aromatic carbocycles. The van der Waals surface area contributed by atoms with Crippen LogP contribution in [0.3, 0.4) is 0 Å². The van der Waals surface area contributed by atoms with Crippen molar-refractivity contribution in [3.8, 4) is 0 Å². The van der Waals surface area contributed by atoms with Gasteiger partial charge >= 0.3 is 6.09 Å². The molecule has 1 amide bonds. The van der Waals surface area contributed by atoms with E-state index in [1.54, 1.807) is 20.0 Å². The first-order valence-electron chi connectivity index (χ1n) is 13.4. The number of rotatable bonds is 4. The number of aliphatic hydroxyl groups is 4. The van der Waals surface area contributed by atoms with Crippen molar-refractivity contribution in [3.05, 3.63) is 59.2 Å². The molecule has 1 unspecified atom stereocenters. The van der Waals surface area contributed by atoms with Gasteiger partial charge in [-0.1, -0.05) is 63.3 Å². The smallest absolute Gasteiger partial charge is 0.410 e. The Kier molecular flexibility index (Phi) is 6.19. The number of carbonyl (C=O) groups is 1. The van der Waals surface area contributed by atoms with E-state index in [-0.39, 0.29) is 34.8 Å². The molecule has 5 rings (SSSR count). The van der Waals surface area contributed by atoms with E-state index in [1.807, 2.05) is 50.3 Å². The van der Waals surface area contributed by atoms with E-state index in [4.69, 9.17) is 4.74 Å². The van der Waals surface area contributed by atoms with Crippen LogP contribution < -0.4 is 0 Å². The number of carbonyl (C=O) groups excluding carboxylic acids is 1. The van der Waals surface area contributed by atoms with Gasteiger partial charge in [0.2, 0.25) is 0 Å². The summed E-state index contributed by atoms with van der Waals surface area (Å²) < 4.78 is 6.01. The van der Waals surface area contributed by atoms with Crippen LogP contribution >= 0.6 is 0 Å². The number of amides is 1. The lowest BCUT2D eigenvalue weighted by Gasteiger charge is -2.52. The van der Waals surface area contributed by atoms with Crippen LogP contribution in [0.5, 0.6) is 0 Å². The van der Waals surface area contributed by atoms with E-state index in [0.717, 1.165) is 12.0 Å². The summed E-state index contributed by atoms with van der Waals surface area (Å²) in [5.74, 6) is -0.0125. The number of aliphatic hydroxyl groups excluding tert-OH is 3. The van der Waals surface area contributed by atoms with Gasteiger partial charge in [0.05, 0.1) is 24.2 Å². The second kappa shape index (κ2) is 8.67. The molecule has 1 aromatic rings. The van der Waals surface area contributed by atoms with Crippen LogP contribution in [0, 0.1) is 34.5 Å². The highest BCUT2D eigenvalue weighted by atomic mass is 16.6. The maximum Gasteiger partial charge on any atom is 0.410 e. The molecule has 2 saturated carbocycles. The van der Waals surface area contributed by atoms with Crippen molar-refractivity contribution in [1.82, 2.24) is 4.90 Å². The Labute approximate surface area is 219 Å². The predicted molar refractivity (Wildman–Crippen MR) is 139 cm³/mol. The van der Waals surface area contributed by atoms with Gasteiger partial charge in [-0.05, 0) is 60.1 Å². The molecule has 0 aliphatic heterocycles. The molecule has 2 bridgehead atoms. The molecule has 0 saturated heterocycles. The third kappa shape index (κ3) is 3.43. The van der Waals surface area contributed by atoms with Crippen LogP contribution in [-0.2, 0) is 4.74 Å². The minimum absolute atomic E-state index is 0.0194. The molecular formula is C30H41NO6. The lowest BCUT2D eigenvalue weighted by Crippen LogP contribution is -2.67. The first-order valence-corrected chi connectivity index (χ1v) is 13.4. The van der Waals surface area contributed by atoms with Gasteiger partial charge < -0.3 is 30.1 Å². The number of hydrogen-bond donors (Lipinski definition) is 4. The van der Waals surface area contributed by atoms with Gasteiger partial charge in [0, 0.05) is 13.0 Å². The normalized spacial score (nSPS) is 42.3. The van der Waals surface area contributed by atoms with Gasteiger partial charge in [-0.3, -0.25) is 0 Å². The average molecular weight is 512 g/mol. The fourth-order valence-electron chi connectivity index (χ4n) is 8.20. The molecule has 37 heavy (non-hydrogen) atoms. The molecule has 1 spiro atoms. The first kappa shape index (κ1) is 26.4. The molecule has 7 nitrogen and oxygen atoms in total. The van der Waals surface area contributed by atoms with Crippen molar-refractivity contribution in [1.29, 1.82) is 0 Å². The van der Waals surface area contributed by atoms with Crippen LogP contribution in [0.25, 0.3) is 0 Å². The molecule has 10 atom stereocenters. The Hall–Kier alpha value is -2.19. The van der Waals surface area contributed by atoms with Crippen LogP contribution in [0.1, 0.15) is 52.6 Å². The summed E-state index contributed by atoms with van der Waals surface area (Å²) in [4.78, 5) is 14.9. The van der Waals surface area contributed by atoms with E-state index in [0.29, 0.717) is 11.5 Å². The van der Waals surface area contributed by atoms with Crippen molar-refractivity contribution < 1.29 is 30.0 Å². The number of hydrogen-bond acceptors (Lipinski definition) is 6. The molecular weight excluding hydrogens is 470 g/mol.